The van der Waals surface area contributed by atoms with Crippen LogP contribution < -0.4 is 15.6 Å². The number of carbonyl (C=O) groups is 2. The molecule has 0 saturated heterocycles. The van der Waals surface area contributed by atoms with Gasteiger partial charge in [-0.05, 0) is 34.2 Å². The highest BCUT2D eigenvalue weighted by Gasteiger charge is 2.25. The Labute approximate surface area is 180 Å². The van der Waals surface area contributed by atoms with Crippen LogP contribution in [0.25, 0.3) is 0 Å². The van der Waals surface area contributed by atoms with Gasteiger partial charge in [0.15, 0.2) is 5.78 Å². The summed E-state index contributed by atoms with van der Waals surface area (Å²) in [6, 6.07) is 14.9. The van der Waals surface area contributed by atoms with Crippen LogP contribution in [0, 0.1) is 0 Å². The van der Waals surface area contributed by atoms with Crippen LogP contribution in [0.3, 0.4) is 0 Å². The fraction of sp³-hybridized carbons (Fsp3) is 0.292. The third kappa shape index (κ3) is 5.51. The number of rotatable bonds is 7. The first-order valence-electron chi connectivity index (χ1n) is 9.93. The summed E-state index contributed by atoms with van der Waals surface area (Å²) in [7, 11) is 1.55. The SMILES string of the molecule is COc1ccc(C(NC(=O)c2cc(=O)[nH]o2)C(=O)Cc2ccc(C(C)(C)C)cc2)cc1. The van der Waals surface area contributed by atoms with Crippen molar-refractivity contribution in [1.29, 1.82) is 0 Å². The molecule has 7 nitrogen and oxygen atoms in total. The predicted molar refractivity (Wildman–Crippen MR) is 116 cm³/mol. The minimum atomic E-state index is -0.916. The molecule has 2 N–H and O–H groups in total. The molecule has 0 saturated carbocycles. The molecule has 0 radical (unpaired) electrons. The van der Waals surface area contributed by atoms with Crippen LogP contribution in [-0.4, -0.2) is 24.0 Å². The third-order valence-corrected chi connectivity index (χ3v) is 4.99. The van der Waals surface area contributed by atoms with Crippen molar-refractivity contribution in [2.24, 2.45) is 0 Å². The number of Topliss-reactive ketones (excluding diaryl/α,β-unsaturated/α-hetero) is 1. The Balaban J connectivity index is 1.84. The van der Waals surface area contributed by atoms with Crippen molar-refractivity contribution in [2.75, 3.05) is 7.11 Å². The van der Waals surface area contributed by atoms with E-state index < -0.39 is 17.5 Å². The average molecular weight is 422 g/mol. The van der Waals surface area contributed by atoms with E-state index in [0.717, 1.165) is 11.6 Å². The number of aromatic nitrogens is 1. The molecule has 3 rings (SSSR count). The zero-order chi connectivity index (χ0) is 22.6. The summed E-state index contributed by atoms with van der Waals surface area (Å²) in [5, 5.41) is 4.75. The summed E-state index contributed by atoms with van der Waals surface area (Å²) in [4.78, 5) is 37.0. The molecule has 3 aromatic rings. The van der Waals surface area contributed by atoms with Crippen molar-refractivity contribution in [1.82, 2.24) is 10.5 Å². The molecule has 0 spiro atoms. The molecule has 1 unspecified atom stereocenters. The Morgan fingerprint density at radius 2 is 1.71 bits per heavy atom. The first-order valence-corrected chi connectivity index (χ1v) is 9.93. The van der Waals surface area contributed by atoms with E-state index in [-0.39, 0.29) is 23.4 Å². The van der Waals surface area contributed by atoms with Crippen molar-refractivity contribution in [3.63, 3.8) is 0 Å². The van der Waals surface area contributed by atoms with E-state index in [2.05, 4.69) is 31.2 Å². The van der Waals surface area contributed by atoms with Gasteiger partial charge in [-0.15, -0.1) is 0 Å². The highest BCUT2D eigenvalue weighted by molar-refractivity contribution is 5.96. The molecule has 1 amide bonds. The maximum atomic E-state index is 13.2. The van der Waals surface area contributed by atoms with Gasteiger partial charge < -0.3 is 14.6 Å². The van der Waals surface area contributed by atoms with Gasteiger partial charge in [0, 0.05) is 6.42 Å². The Bertz CT molecular complexity index is 1100. The molecule has 2 aromatic carbocycles. The minimum absolute atomic E-state index is 0.0165. The third-order valence-electron chi connectivity index (χ3n) is 4.99. The summed E-state index contributed by atoms with van der Waals surface area (Å²) in [5.41, 5.74) is 2.10. The largest absolute Gasteiger partial charge is 0.497 e. The number of hydrogen-bond acceptors (Lipinski definition) is 5. The summed E-state index contributed by atoms with van der Waals surface area (Å²) in [6.07, 6.45) is 0.137. The number of H-pyrrole nitrogens is 1. The summed E-state index contributed by atoms with van der Waals surface area (Å²) in [6.45, 7) is 6.38. The lowest BCUT2D eigenvalue weighted by Crippen LogP contribution is -2.34. The first kappa shape index (κ1) is 22.1. The van der Waals surface area contributed by atoms with Crippen LogP contribution in [0.1, 0.15) is 54.1 Å². The molecule has 0 bridgehead atoms. The van der Waals surface area contributed by atoms with Crippen molar-refractivity contribution in [3.8, 4) is 5.75 Å². The van der Waals surface area contributed by atoms with Gasteiger partial charge in [-0.2, -0.15) is 5.16 Å². The van der Waals surface area contributed by atoms with Gasteiger partial charge in [0.2, 0.25) is 5.76 Å². The Kier molecular flexibility index (Phi) is 6.44. The standard InChI is InChI=1S/C24H26N2O5/c1-24(2,3)17-9-5-15(6-10-17)13-19(27)22(16-7-11-18(30-4)12-8-16)25-23(29)20-14-21(28)26-31-20/h5-12,14,22H,13H2,1-4H3,(H,25,29)(H,26,28). The van der Waals surface area contributed by atoms with Gasteiger partial charge in [-0.25, -0.2) is 0 Å². The van der Waals surface area contributed by atoms with Gasteiger partial charge in [-0.1, -0.05) is 57.2 Å². The lowest BCUT2D eigenvalue weighted by molar-refractivity contribution is -0.120. The smallest absolute Gasteiger partial charge is 0.290 e. The Morgan fingerprint density at radius 1 is 1.06 bits per heavy atom. The van der Waals surface area contributed by atoms with Gasteiger partial charge in [0.05, 0.1) is 13.2 Å². The molecular formula is C24H26N2O5. The highest BCUT2D eigenvalue weighted by atomic mass is 16.5. The van der Waals surface area contributed by atoms with E-state index in [1.54, 1.807) is 31.4 Å². The monoisotopic (exact) mass is 422 g/mol. The summed E-state index contributed by atoms with van der Waals surface area (Å²) < 4.78 is 10.0. The van der Waals surface area contributed by atoms with Crippen molar-refractivity contribution < 1.29 is 18.8 Å². The molecule has 1 atom stereocenters. The molecule has 7 heteroatoms. The molecule has 162 valence electrons. The molecule has 31 heavy (non-hydrogen) atoms. The molecule has 0 fully saturated rings. The predicted octanol–water partition coefficient (Wildman–Crippen LogP) is 3.56. The van der Waals surface area contributed by atoms with Crippen LogP contribution in [0.4, 0.5) is 0 Å². The number of benzene rings is 2. The molecule has 1 heterocycles. The van der Waals surface area contributed by atoms with Crippen molar-refractivity contribution in [3.05, 3.63) is 87.4 Å². The number of ether oxygens (including phenoxy) is 1. The van der Waals surface area contributed by atoms with E-state index in [4.69, 9.17) is 9.26 Å². The van der Waals surface area contributed by atoms with Crippen molar-refractivity contribution >= 4 is 11.7 Å². The van der Waals surface area contributed by atoms with E-state index in [0.29, 0.717) is 11.3 Å². The maximum absolute atomic E-state index is 13.2. The number of methoxy groups -OCH3 is 1. The lowest BCUT2D eigenvalue weighted by Gasteiger charge is -2.20. The molecular weight excluding hydrogens is 396 g/mol. The molecule has 0 aliphatic rings. The minimum Gasteiger partial charge on any atom is -0.497 e. The number of aromatic amines is 1. The second kappa shape index (κ2) is 9.04. The number of carbonyl (C=O) groups excluding carboxylic acids is 2. The Morgan fingerprint density at radius 3 is 2.23 bits per heavy atom. The summed E-state index contributed by atoms with van der Waals surface area (Å²) in [5.74, 6) is -0.406. The van der Waals surface area contributed by atoms with E-state index in [1.807, 2.05) is 24.3 Å². The van der Waals surface area contributed by atoms with Crippen LogP contribution in [-0.2, 0) is 16.6 Å². The maximum Gasteiger partial charge on any atom is 0.290 e. The van der Waals surface area contributed by atoms with Crippen molar-refractivity contribution in [2.45, 2.75) is 38.6 Å². The van der Waals surface area contributed by atoms with Gasteiger partial charge in [-0.3, -0.25) is 14.4 Å². The second-order valence-corrected chi connectivity index (χ2v) is 8.35. The second-order valence-electron chi connectivity index (χ2n) is 8.35. The fourth-order valence-electron chi connectivity index (χ4n) is 3.17. The average Bonchev–Trinajstić information content (AvgIpc) is 3.18. The number of ketones is 1. The van der Waals surface area contributed by atoms with Crippen LogP contribution >= 0.6 is 0 Å². The van der Waals surface area contributed by atoms with Gasteiger partial charge >= 0.3 is 0 Å². The number of hydrogen-bond donors (Lipinski definition) is 2. The molecule has 0 aliphatic carbocycles. The number of amides is 1. The van der Waals surface area contributed by atoms with E-state index >= 15 is 0 Å². The topological polar surface area (TPSA) is 101 Å². The number of nitrogens with one attached hydrogen (secondary N) is 2. The van der Waals surface area contributed by atoms with E-state index in [1.165, 1.54) is 5.56 Å². The van der Waals surface area contributed by atoms with E-state index in [9.17, 15) is 14.4 Å². The van der Waals surface area contributed by atoms with Crippen LogP contribution in [0.5, 0.6) is 5.75 Å². The summed E-state index contributed by atoms with van der Waals surface area (Å²) >= 11 is 0. The normalized spacial score (nSPS) is 12.3. The Hall–Kier alpha value is -3.61. The zero-order valence-electron chi connectivity index (χ0n) is 18.0. The highest BCUT2D eigenvalue weighted by Crippen LogP contribution is 2.24. The van der Waals surface area contributed by atoms with Gasteiger partial charge in [0.25, 0.3) is 11.5 Å². The zero-order valence-corrected chi connectivity index (χ0v) is 18.0. The van der Waals surface area contributed by atoms with Crippen LogP contribution in [0.15, 0.2) is 63.9 Å². The fourth-order valence-corrected chi connectivity index (χ4v) is 3.17. The van der Waals surface area contributed by atoms with Crippen LogP contribution in [0.2, 0.25) is 0 Å². The lowest BCUT2D eigenvalue weighted by atomic mass is 9.86. The quantitative estimate of drug-likeness (QED) is 0.606. The van der Waals surface area contributed by atoms with Gasteiger partial charge in [0.1, 0.15) is 11.8 Å². The molecule has 0 aliphatic heterocycles. The molecule has 1 aromatic heterocycles. The first-order chi connectivity index (χ1) is 14.7.